The normalized spacial score (nSPS) is 21.5. The van der Waals surface area contributed by atoms with Crippen LogP contribution >= 0.6 is 0 Å². The standard InChI is InChI=1S/C17H25NO2/c1-17(2)10-15-9-14(3-4-16(15)20-17)12-18-11-13-5-7-19-8-6-13/h3-4,9,13,18H,5-8,10-12H2,1-2H3. The summed E-state index contributed by atoms with van der Waals surface area (Å²) in [6, 6.07) is 6.59. The average Bonchev–Trinajstić information content (AvgIpc) is 2.73. The second-order valence-corrected chi connectivity index (χ2v) is 6.67. The van der Waals surface area contributed by atoms with Crippen LogP contribution in [0.15, 0.2) is 18.2 Å². The first-order valence-electron chi connectivity index (χ1n) is 7.72. The summed E-state index contributed by atoms with van der Waals surface area (Å²) in [6.07, 6.45) is 3.40. The highest BCUT2D eigenvalue weighted by molar-refractivity contribution is 5.41. The smallest absolute Gasteiger partial charge is 0.123 e. The summed E-state index contributed by atoms with van der Waals surface area (Å²) in [5, 5.41) is 3.59. The number of fused-ring (bicyclic) bond motifs is 1. The number of hydrogen-bond acceptors (Lipinski definition) is 3. The third kappa shape index (κ3) is 3.33. The second-order valence-electron chi connectivity index (χ2n) is 6.67. The molecule has 0 aliphatic carbocycles. The van der Waals surface area contributed by atoms with Crippen molar-refractivity contribution in [3.05, 3.63) is 29.3 Å². The van der Waals surface area contributed by atoms with E-state index in [9.17, 15) is 0 Å². The Morgan fingerprint density at radius 3 is 2.85 bits per heavy atom. The van der Waals surface area contributed by atoms with E-state index in [1.165, 1.54) is 24.0 Å². The minimum absolute atomic E-state index is 0.0452. The van der Waals surface area contributed by atoms with Crippen LogP contribution in [0.2, 0.25) is 0 Å². The van der Waals surface area contributed by atoms with Crippen molar-refractivity contribution in [1.29, 1.82) is 0 Å². The van der Waals surface area contributed by atoms with Gasteiger partial charge in [0.1, 0.15) is 11.4 Å². The molecule has 0 atom stereocenters. The van der Waals surface area contributed by atoms with Gasteiger partial charge in [0.05, 0.1) is 0 Å². The Bertz CT molecular complexity index is 464. The van der Waals surface area contributed by atoms with E-state index in [1.807, 2.05) is 0 Å². The summed E-state index contributed by atoms with van der Waals surface area (Å²) in [5.74, 6) is 1.84. The van der Waals surface area contributed by atoms with Crippen molar-refractivity contribution in [3.63, 3.8) is 0 Å². The van der Waals surface area contributed by atoms with E-state index in [1.54, 1.807) is 0 Å². The van der Waals surface area contributed by atoms with E-state index in [4.69, 9.17) is 9.47 Å². The van der Waals surface area contributed by atoms with Gasteiger partial charge >= 0.3 is 0 Å². The van der Waals surface area contributed by atoms with Crippen LogP contribution in [-0.4, -0.2) is 25.4 Å². The highest BCUT2D eigenvalue weighted by Gasteiger charge is 2.29. The molecule has 0 saturated carbocycles. The maximum atomic E-state index is 5.91. The molecular formula is C17H25NO2. The van der Waals surface area contributed by atoms with E-state index in [0.29, 0.717) is 0 Å². The Kier molecular flexibility index (Phi) is 3.99. The van der Waals surface area contributed by atoms with Crippen molar-refractivity contribution in [1.82, 2.24) is 5.32 Å². The fourth-order valence-electron chi connectivity index (χ4n) is 3.14. The van der Waals surface area contributed by atoms with Gasteiger partial charge in [-0.3, -0.25) is 0 Å². The Morgan fingerprint density at radius 2 is 2.05 bits per heavy atom. The summed E-state index contributed by atoms with van der Waals surface area (Å²) in [4.78, 5) is 0. The summed E-state index contributed by atoms with van der Waals surface area (Å²) >= 11 is 0. The summed E-state index contributed by atoms with van der Waals surface area (Å²) < 4.78 is 11.3. The van der Waals surface area contributed by atoms with Gasteiger partial charge in [0.15, 0.2) is 0 Å². The molecule has 3 heteroatoms. The topological polar surface area (TPSA) is 30.5 Å². The maximum absolute atomic E-state index is 5.91. The lowest BCUT2D eigenvalue weighted by atomic mass is 9.99. The van der Waals surface area contributed by atoms with Gasteiger partial charge in [-0.1, -0.05) is 12.1 Å². The molecule has 110 valence electrons. The molecule has 1 saturated heterocycles. The van der Waals surface area contributed by atoms with E-state index in [-0.39, 0.29) is 5.60 Å². The minimum Gasteiger partial charge on any atom is -0.487 e. The monoisotopic (exact) mass is 275 g/mol. The van der Waals surface area contributed by atoms with Crippen molar-refractivity contribution in [2.24, 2.45) is 5.92 Å². The molecule has 1 fully saturated rings. The van der Waals surface area contributed by atoms with Crippen molar-refractivity contribution in [3.8, 4) is 5.75 Å². The van der Waals surface area contributed by atoms with Crippen LogP contribution in [0.3, 0.4) is 0 Å². The third-order valence-electron chi connectivity index (χ3n) is 4.23. The number of ether oxygens (including phenoxy) is 2. The molecule has 0 bridgehead atoms. The number of nitrogens with one attached hydrogen (secondary N) is 1. The Labute approximate surface area is 121 Å². The Hall–Kier alpha value is -1.06. The first kappa shape index (κ1) is 13.9. The van der Waals surface area contributed by atoms with Gasteiger partial charge in [-0.15, -0.1) is 0 Å². The quantitative estimate of drug-likeness (QED) is 0.916. The predicted molar refractivity (Wildman–Crippen MR) is 80.1 cm³/mol. The molecule has 1 aromatic rings. The van der Waals surface area contributed by atoms with Crippen LogP contribution < -0.4 is 10.1 Å². The van der Waals surface area contributed by atoms with Crippen molar-refractivity contribution in [2.45, 2.75) is 45.3 Å². The van der Waals surface area contributed by atoms with Crippen molar-refractivity contribution in [2.75, 3.05) is 19.8 Å². The highest BCUT2D eigenvalue weighted by Crippen LogP contribution is 2.35. The van der Waals surface area contributed by atoms with Crippen LogP contribution in [0, 0.1) is 5.92 Å². The maximum Gasteiger partial charge on any atom is 0.123 e. The second kappa shape index (κ2) is 5.74. The van der Waals surface area contributed by atoms with Gasteiger partial charge in [-0.2, -0.15) is 0 Å². The van der Waals surface area contributed by atoms with Crippen molar-refractivity contribution >= 4 is 0 Å². The van der Waals surface area contributed by atoms with E-state index >= 15 is 0 Å². The molecule has 0 amide bonds. The van der Waals surface area contributed by atoms with E-state index in [2.05, 4.69) is 37.4 Å². The molecule has 3 nitrogen and oxygen atoms in total. The average molecular weight is 275 g/mol. The molecule has 2 aliphatic rings. The molecule has 0 spiro atoms. The van der Waals surface area contributed by atoms with Crippen LogP contribution in [0.25, 0.3) is 0 Å². The number of rotatable bonds is 4. The van der Waals surface area contributed by atoms with Crippen LogP contribution in [0.4, 0.5) is 0 Å². The summed E-state index contributed by atoms with van der Waals surface area (Å²) in [6.45, 7) is 8.20. The molecular weight excluding hydrogens is 250 g/mol. The first-order valence-corrected chi connectivity index (χ1v) is 7.72. The van der Waals surface area contributed by atoms with Gasteiger partial charge in [-0.25, -0.2) is 0 Å². The van der Waals surface area contributed by atoms with Crippen LogP contribution in [-0.2, 0) is 17.7 Å². The molecule has 0 aromatic heterocycles. The van der Waals surface area contributed by atoms with Gasteiger partial charge in [0, 0.05) is 26.2 Å². The largest absolute Gasteiger partial charge is 0.487 e. The molecule has 2 aliphatic heterocycles. The highest BCUT2D eigenvalue weighted by atomic mass is 16.5. The van der Waals surface area contributed by atoms with Gasteiger partial charge in [0.2, 0.25) is 0 Å². The lowest BCUT2D eigenvalue weighted by Crippen LogP contribution is -2.27. The zero-order chi connectivity index (χ0) is 14.0. The molecule has 0 radical (unpaired) electrons. The van der Waals surface area contributed by atoms with Gasteiger partial charge < -0.3 is 14.8 Å². The molecule has 1 N–H and O–H groups in total. The van der Waals surface area contributed by atoms with Gasteiger partial charge in [0.25, 0.3) is 0 Å². The van der Waals surface area contributed by atoms with Gasteiger partial charge in [-0.05, 0) is 56.3 Å². The fraction of sp³-hybridized carbons (Fsp3) is 0.647. The zero-order valence-corrected chi connectivity index (χ0v) is 12.6. The third-order valence-corrected chi connectivity index (χ3v) is 4.23. The zero-order valence-electron chi connectivity index (χ0n) is 12.6. The lowest BCUT2D eigenvalue weighted by molar-refractivity contribution is 0.0662. The van der Waals surface area contributed by atoms with Crippen LogP contribution in [0.5, 0.6) is 5.75 Å². The Balaban J connectivity index is 1.51. The van der Waals surface area contributed by atoms with Crippen LogP contribution in [0.1, 0.15) is 37.8 Å². The summed E-state index contributed by atoms with van der Waals surface area (Å²) in [5.41, 5.74) is 2.66. The predicted octanol–water partition coefficient (Wildman–Crippen LogP) is 2.92. The minimum atomic E-state index is -0.0452. The Morgan fingerprint density at radius 1 is 1.25 bits per heavy atom. The number of hydrogen-bond donors (Lipinski definition) is 1. The number of benzene rings is 1. The lowest BCUT2D eigenvalue weighted by Gasteiger charge is -2.22. The SMILES string of the molecule is CC1(C)Cc2cc(CNCC3CCOCC3)ccc2O1. The molecule has 0 unspecified atom stereocenters. The molecule has 20 heavy (non-hydrogen) atoms. The van der Waals surface area contributed by atoms with E-state index < -0.39 is 0 Å². The molecule has 2 heterocycles. The van der Waals surface area contributed by atoms with Crippen molar-refractivity contribution < 1.29 is 9.47 Å². The summed E-state index contributed by atoms with van der Waals surface area (Å²) in [7, 11) is 0. The van der Waals surface area contributed by atoms with E-state index in [0.717, 1.165) is 44.4 Å². The first-order chi connectivity index (χ1) is 9.62. The molecule has 3 rings (SSSR count). The fourth-order valence-corrected chi connectivity index (χ4v) is 3.14. The molecule has 1 aromatic carbocycles.